The van der Waals surface area contributed by atoms with Crippen LogP contribution in [0.15, 0.2) is 36.9 Å². The van der Waals surface area contributed by atoms with Gasteiger partial charge in [-0.2, -0.15) is 0 Å². The molecule has 8 heteroatoms. The quantitative estimate of drug-likeness (QED) is 0.730. The summed E-state index contributed by atoms with van der Waals surface area (Å²) in [6.45, 7) is 2.60. The summed E-state index contributed by atoms with van der Waals surface area (Å²) >= 11 is 0. The number of amides is 1. The molecule has 0 radical (unpaired) electrons. The number of aliphatic hydroxyl groups excluding tert-OH is 1. The predicted molar refractivity (Wildman–Crippen MR) is 107 cm³/mol. The molecule has 2 atom stereocenters. The zero-order valence-corrected chi connectivity index (χ0v) is 16.3. The van der Waals surface area contributed by atoms with Gasteiger partial charge in [-0.25, -0.2) is 9.97 Å². The SMILES string of the molecule is O=C(c1nc(-c2cn(C[C@@H]3CCCO3)cn2)n2ccccc12)N1CCC[C@H](O)C1. The standard InChI is InChI=1S/C21H25N5O3/c27-15-5-3-8-25(11-15)21(28)19-18-7-1-2-9-26(18)20(23-19)17-13-24(14-22-17)12-16-6-4-10-29-16/h1-2,7,9,13-16,27H,3-6,8,10-12H2/t15-,16-/m0/s1. The van der Waals surface area contributed by atoms with Gasteiger partial charge in [-0.3, -0.25) is 9.20 Å². The number of likely N-dealkylation sites (tertiary alicyclic amines) is 1. The molecule has 0 saturated carbocycles. The lowest BCUT2D eigenvalue weighted by molar-refractivity contribution is 0.0471. The normalized spacial score (nSPS) is 22.4. The van der Waals surface area contributed by atoms with Crippen molar-refractivity contribution in [2.45, 2.75) is 44.4 Å². The van der Waals surface area contributed by atoms with Crippen LogP contribution in [0, 0.1) is 0 Å². The third-order valence-corrected chi connectivity index (χ3v) is 5.74. The van der Waals surface area contributed by atoms with Gasteiger partial charge in [-0.15, -0.1) is 0 Å². The second kappa shape index (κ2) is 7.61. The van der Waals surface area contributed by atoms with E-state index in [0.717, 1.165) is 50.0 Å². The van der Waals surface area contributed by atoms with E-state index in [-0.39, 0.29) is 12.0 Å². The third-order valence-electron chi connectivity index (χ3n) is 5.74. The van der Waals surface area contributed by atoms with Crippen molar-refractivity contribution < 1.29 is 14.6 Å². The lowest BCUT2D eigenvalue weighted by atomic mass is 10.1. The van der Waals surface area contributed by atoms with Gasteiger partial charge in [0.1, 0.15) is 5.69 Å². The van der Waals surface area contributed by atoms with Crippen LogP contribution in [0.5, 0.6) is 0 Å². The molecule has 0 spiro atoms. The summed E-state index contributed by atoms with van der Waals surface area (Å²) in [5.74, 6) is 0.505. The number of β-amino-alcohol motifs (C(OH)–C–C–N with tert-alkyl or cyclic N) is 1. The van der Waals surface area contributed by atoms with E-state index in [9.17, 15) is 9.90 Å². The molecular formula is C21H25N5O3. The van der Waals surface area contributed by atoms with Crippen molar-refractivity contribution in [1.29, 1.82) is 0 Å². The summed E-state index contributed by atoms with van der Waals surface area (Å²) in [7, 11) is 0. The Morgan fingerprint density at radius 3 is 3.03 bits per heavy atom. The molecule has 8 nitrogen and oxygen atoms in total. The molecule has 29 heavy (non-hydrogen) atoms. The Morgan fingerprint density at radius 2 is 2.21 bits per heavy atom. The minimum absolute atomic E-state index is 0.141. The van der Waals surface area contributed by atoms with Crippen LogP contribution in [0.1, 0.15) is 36.2 Å². The molecule has 5 rings (SSSR count). The van der Waals surface area contributed by atoms with E-state index in [1.807, 2.05) is 39.6 Å². The minimum Gasteiger partial charge on any atom is -0.391 e. The summed E-state index contributed by atoms with van der Waals surface area (Å²) in [6.07, 6.45) is 9.14. The summed E-state index contributed by atoms with van der Waals surface area (Å²) in [5.41, 5.74) is 1.88. The second-order valence-corrected chi connectivity index (χ2v) is 7.88. The number of aliphatic hydroxyl groups is 1. The molecule has 5 heterocycles. The molecule has 1 N–H and O–H groups in total. The van der Waals surface area contributed by atoms with E-state index >= 15 is 0 Å². The highest BCUT2D eigenvalue weighted by Crippen LogP contribution is 2.24. The predicted octanol–water partition coefficient (Wildman–Crippen LogP) is 1.97. The summed E-state index contributed by atoms with van der Waals surface area (Å²) in [5, 5.41) is 9.95. The van der Waals surface area contributed by atoms with Gasteiger partial charge in [-0.1, -0.05) is 6.07 Å². The van der Waals surface area contributed by atoms with Gasteiger partial charge in [0.2, 0.25) is 0 Å². The molecule has 2 aliphatic rings. The van der Waals surface area contributed by atoms with Crippen molar-refractivity contribution in [3.8, 4) is 11.5 Å². The van der Waals surface area contributed by atoms with Crippen LogP contribution in [0.25, 0.3) is 17.0 Å². The number of carbonyl (C=O) groups is 1. The third kappa shape index (κ3) is 3.54. The van der Waals surface area contributed by atoms with Crippen LogP contribution in [0.2, 0.25) is 0 Å². The molecule has 1 amide bonds. The number of hydrogen-bond donors (Lipinski definition) is 1. The number of aromatic nitrogens is 4. The van der Waals surface area contributed by atoms with Gasteiger partial charge in [0.15, 0.2) is 11.5 Å². The van der Waals surface area contributed by atoms with Gasteiger partial charge in [0, 0.05) is 38.6 Å². The highest BCUT2D eigenvalue weighted by Gasteiger charge is 2.27. The zero-order valence-electron chi connectivity index (χ0n) is 16.3. The maximum absolute atomic E-state index is 13.1. The van der Waals surface area contributed by atoms with Crippen LogP contribution >= 0.6 is 0 Å². The maximum atomic E-state index is 13.1. The van der Waals surface area contributed by atoms with Gasteiger partial charge < -0.3 is 19.3 Å². The number of piperidine rings is 1. The fourth-order valence-corrected chi connectivity index (χ4v) is 4.26. The van der Waals surface area contributed by atoms with E-state index < -0.39 is 6.10 Å². The van der Waals surface area contributed by atoms with Gasteiger partial charge >= 0.3 is 0 Å². The number of rotatable bonds is 4. The van der Waals surface area contributed by atoms with Crippen molar-refractivity contribution in [3.05, 3.63) is 42.6 Å². The van der Waals surface area contributed by atoms with Crippen molar-refractivity contribution in [3.63, 3.8) is 0 Å². The summed E-state index contributed by atoms with van der Waals surface area (Å²) in [6, 6.07) is 5.71. The van der Waals surface area contributed by atoms with Gasteiger partial charge in [0.25, 0.3) is 5.91 Å². The lowest BCUT2D eigenvalue weighted by Crippen LogP contribution is -2.42. The number of carbonyl (C=O) groups excluding carboxylic acids is 1. The molecule has 3 aromatic rings. The Bertz CT molecular complexity index is 1020. The summed E-state index contributed by atoms with van der Waals surface area (Å²) in [4.78, 5) is 24.1. The fourth-order valence-electron chi connectivity index (χ4n) is 4.26. The fraction of sp³-hybridized carbons (Fsp3) is 0.476. The maximum Gasteiger partial charge on any atom is 0.274 e. The number of imidazole rings is 2. The first-order chi connectivity index (χ1) is 14.2. The Kier molecular flexibility index (Phi) is 4.81. The second-order valence-electron chi connectivity index (χ2n) is 7.88. The van der Waals surface area contributed by atoms with Crippen LogP contribution in [0.3, 0.4) is 0 Å². The molecule has 2 aliphatic heterocycles. The van der Waals surface area contributed by atoms with Crippen LogP contribution < -0.4 is 0 Å². The number of nitrogens with zero attached hydrogens (tertiary/aromatic N) is 5. The van der Waals surface area contributed by atoms with E-state index in [1.165, 1.54) is 0 Å². The highest BCUT2D eigenvalue weighted by molar-refractivity contribution is 6.00. The largest absolute Gasteiger partial charge is 0.391 e. The van der Waals surface area contributed by atoms with E-state index in [2.05, 4.69) is 9.97 Å². The van der Waals surface area contributed by atoms with E-state index in [4.69, 9.17) is 4.74 Å². The van der Waals surface area contributed by atoms with Gasteiger partial charge in [-0.05, 0) is 37.8 Å². The van der Waals surface area contributed by atoms with E-state index in [0.29, 0.717) is 24.6 Å². The Labute approximate surface area is 168 Å². The average Bonchev–Trinajstić information content (AvgIpc) is 3.47. The van der Waals surface area contributed by atoms with E-state index in [1.54, 1.807) is 11.2 Å². The average molecular weight is 395 g/mol. The van der Waals surface area contributed by atoms with Crippen molar-refractivity contribution >= 4 is 11.4 Å². The van der Waals surface area contributed by atoms with Crippen LogP contribution in [-0.4, -0.2) is 66.8 Å². The molecule has 3 aromatic heterocycles. The monoisotopic (exact) mass is 395 g/mol. The molecular weight excluding hydrogens is 370 g/mol. The molecule has 2 fully saturated rings. The van der Waals surface area contributed by atoms with Crippen molar-refractivity contribution in [2.75, 3.05) is 19.7 Å². The zero-order chi connectivity index (χ0) is 19.8. The van der Waals surface area contributed by atoms with Gasteiger partial charge in [0.05, 0.1) is 24.1 Å². The first kappa shape index (κ1) is 18.3. The van der Waals surface area contributed by atoms with Crippen LogP contribution in [-0.2, 0) is 11.3 Å². The Hall–Kier alpha value is -2.71. The molecule has 0 unspecified atom stereocenters. The molecule has 0 aliphatic carbocycles. The first-order valence-corrected chi connectivity index (χ1v) is 10.3. The number of pyridine rings is 1. The van der Waals surface area contributed by atoms with Crippen molar-refractivity contribution in [1.82, 2.24) is 23.8 Å². The molecule has 0 aromatic carbocycles. The molecule has 0 bridgehead atoms. The number of hydrogen-bond acceptors (Lipinski definition) is 5. The van der Waals surface area contributed by atoms with Crippen molar-refractivity contribution in [2.24, 2.45) is 0 Å². The number of fused-ring (bicyclic) bond motifs is 1. The number of ether oxygens (including phenoxy) is 1. The Balaban J connectivity index is 1.47. The highest BCUT2D eigenvalue weighted by atomic mass is 16.5. The lowest BCUT2D eigenvalue weighted by Gasteiger charge is -2.29. The van der Waals surface area contributed by atoms with Crippen LogP contribution in [0.4, 0.5) is 0 Å². The first-order valence-electron chi connectivity index (χ1n) is 10.3. The summed E-state index contributed by atoms with van der Waals surface area (Å²) < 4.78 is 9.65. The topological polar surface area (TPSA) is 84.9 Å². The molecule has 152 valence electrons. The molecule has 2 saturated heterocycles. The minimum atomic E-state index is -0.463. The Morgan fingerprint density at radius 1 is 1.28 bits per heavy atom. The smallest absolute Gasteiger partial charge is 0.274 e.